The largest absolute Gasteiger partial charge is 0.496 e. The highest BCUT2D eigenvalue weighted by molar-refractivity contribution is 7.14. The van der Waals surface area contributed by atoms with Gasteiger partial charge in [-0.2, -0.15) is 0 Å². The van der Waals surface area contributed by atoms with Crippen LogP contribution >= 0.6 is 11.3 Å². The minimum atomic E-state index is -0.654. The minimum absolute atomic E-state index is 0.00837. The normalized spacial score (nSPS) is 15.3. The van der Waals surface area contributed by atoms with E-state index >= 15 is 0 Å². The van der Waals surface area contributed by atoms with E-state index in [-0.39, 0.29) is 11.4 Å². The maximum Gasteiger partial charge on any atom is 0.348 e. The summed E-state index contributed by atoms with van der Waals surface area (Å²) in [7, 11) is 1.39. The van der Waals surface area contributed by atoms with Crippen molar-refractivity contribution in [3.63, 3.8) is 0 Å². The van der Waals surface area contributed by atoms with Gasteiger partial charge in [-0.25, -0.2) is 4.79 Å². The van der Waals surface area contributed by atoms with Crippen LogP contribution in [0.15, 0.2) is 24.3 Å². The maximum atomic E-state index is 12.3. The number of methoxy groups -OCH3 is 1. The monoisotopic (exact) mass is 418 g/mol. The van der Waals surface area contributed by atoms with Crippen molar-refractivity contribution in [2.75, 3.05) is 19.0 Å². The fourth-order valence-corrected chi connectivity index (χ4v) is 4.43. The molecule has 1 N–H and O–H groups in total. The van der Waals surface area contributed by atoms with Gasteiger partial charge in [0.2, 0.25) is 0 Å². The zero-order valence-electron chi connectivity index (χ0n) is 16.2. The van der Waals surface area contributed by atoms with Gasteiger partial charge in [-0.3, -0.25) is 14.9 Å². The van der Waals surface area contributed by atoms with Gasteiger partial charge in [0.15, 0.2) is 6.61 Å². The molecule has 0 saturated heterocycles. The van der Waals surface area contributed by atoms with Crippen LogP contribution in [-0.2, 0) is 22.4 Å². The van der Waals surface area contributed by atoms with Gasteiger partial charge in [0.25, 0.3) is 11.6 Å². The van der Waals surface area contributed by atoms with Gasteiger partial charge < -0.3 is 14.8 Å². The van der Waals surface area contributed by atoms with E-state index in [9.17, 15) is 19.7 Å². The van der Waals surface area contributed by atoms with Gasteiger partial charge in [0.1, 0.15) is 16.3 Å². The minimum Gasteiger partial charge on any atom is -0.496 e. The molecule has 1 aromatic heterocycles. The number of aryl methyl sites for hydroxylation is 1. The zero-order chi connectivity index (χ0) is 21.0. The molecule has 1 aliphatic rings. The first-order valence-electron chi connectivity index (χ1n) is 9.32. The second kappa shape index (κ2) is 9.04. The van der Waals surface area contributed by atoms with Crippen LogP contribution < -0.4 is 10.1 Å². The van der Waals surface area contributed by atoms with Crippen molar-refractivity contribution in [3.8, 4) is 5.75 Å². The van der Waals surface area contributed by atoms with Crippen LogP contribution in [0.1, 0.15) is 39.9 Å². The highest BCUT2D eigenvalue weighted by Crippen LogP contribution is 2.34. The first-order chi connectivity index (χ1) is 13.9. The predicted molar refractivity (Wildman–Crippen MR) is 109 cm³/mol. The molecule has 1 aliphatic carbocycles. The lowest BCUT2D eigenvalue weighted by Crippen LogP contribution is -2.21. The number of nitrogens with one attached hydrogen (secondary N) is 1. The van der Waals surface area contributed by atoms with Gasteiger partial charge in [-0.05, 0) is 48.9 Å². The zero-order valence-corrected chi connectivity index (χ0v) is 17.0. The van der Waals surface area contributed by atoms with Crippen LogP contribution in [0, 0.1) is 16.0 Å². The number of amides is 1. The molecule has 1 heterocycles. The Morgan fingerprint density at radius 3 is 2.83 bits per heavy atom. The molecule has 0 spiro atoms. The number of esters is 1. The third kappa shape index (κ3) is 4.92. The molecule has 1 amide bonds. The Morgan fingerprint density at radius 2 is 2.14 bits per heavy atom. The van der Waals surface area contributed by atoms with E-state index < -0.39 is 23.4 Å². The summed E-state index contributed by atoms with van der Waals surface area (Å²) in [6.07, 6.45) is 4.18. The third-order valence-electron chi connectivity index (χ3n) is 4.97. The lowest BCUT2D eigenvalue weighted by Gasteiger charge is -2.19. The van der Waals surface area contributed by atoms with Crippen LogP contribution in [0.2, 0.25) is 0 Å². The average molecular weight is 418 g/mol. The van der Waals surface area contributed by atoms with Gasteiger partial charge in [0, 0.05) is 4.88 Å². The average Bonchev–Trinajstić information content (AvgIpc) is 3.15. The summed E-state index contributed by atoms with van der Waals surface area (Å²) in [5.41, 5.74) is 0.896. The van der Waals surface area contributed by atoms with Crippen LogP contribution in [0.4, 0.5) is 11.4 Å². The van der Waals surface area contributed by atoms with Crippen molar-refractivity contribution in [1.82, 2.24) is 0 Å². The number of nitro benzene ring substituents is 1. The number of thiophene rings is 1. The highest BCUT2D eigenvalue weighted by atomic mass is 32.1. The van der Waals surface area contributed by atoms with Crippen molar-refractivity contribution >= 4 is 34.6 Å². The Balaban J connectivity index is 1.59. The summed E-state index contributed by atoms with van der Waals surface area (Å²) >= 11 is 1.41. The Morgan fingerprint density at radius 1 is 1.34 bits per heavy atom. The van der Waals surface area contributed by atoms with Gasteiger partial charge >= 0.3 is 5.97 Å². The molecule has 0 fully saturated rings. The molecule has 1 aromatic carbocycles. The van der Waals surface area contributed by atoms with Crippen LogP contribution in [-0.4, -0.2) is 30.5 Å². The van der Waals surface area contributed by atoms with Crippen LogP contribution in [0.5, 0.6) is 5.75 Å². The van der Waals surface area contributed by atoms with E-state index in [4.69, 9.17) is 9.47 Å². The molecule has 1 atom stereocenters. The smallest absolute Gasteiger partial charge is 0.348 e. The quantitative estimate of drug-likeness (QED) is 0.414. The van der Waals surface area contributed by atoms with E-state index in [0.29, 0.717) is 16.5 Å². The number of rotatable bonds is 7. The first kappa shape index (κ1) is 20.8. The number of hydrogen-bond donors (Lipinski definition) is 1. The topological polar surface area (TPSA) is 108 Å². The summed E-state index contributed by atoms with van der Waals surface area (Å²) in [4.78, 5) is 36.7. The van der Waals surface area contributed by atoms with Gasteiger partial charge in [-0.15, -0.1) is 11.3 Å². The summed E-state index contributed by atoms with van der Waals surface area (Å²) < 4.78 is 10.1. The predicted octanol–water partition coefficient (Wildman–Crippen LogP) is 3.98. The second-order valence-electron chi connectivity index (χ2n) is 6.84. The second-order valence-corrected chi connectivity index (χ2v) is 7.98. The molecule has 2 aromatic rings. The summed E-state index contributed by atoms with van der Waals surface area (Å²) in [6, 6.07) is 5.93. The molecule has 154 valence electrons. The number of benzene rings is 1. The number of fused-ring (bicyclic) bond motifs is 1. The fraction of sp³-hybridized carbons (Fsp3) is 0.400. The molecule has 0 saturated carbocycles. The molecular weight excluding hydrogens is 396 g/mol. The van der Waals surface area contributed by atoms with Crippen molar-refractivity contribution in [2.45, 2.75) is 32.6 Å². The Kier molecular flexibility index (Phi) is 6.48. The molecular formula is C20H22N2O6S. The van der Waals surface area contributed by atoms with Crippen molar-refractivity contribution < 1.29 is 24.0 Å². The van der Waals surface area contributed by atoms with Crippen molar-refractivity contribution in [2.24, 2.45) is 5.92 Å². The first-order valence-corrected chi connectivity index (χ1v) is 10.1. The Bertz CT molecular complexity index is 939. The SMILES string of the molecule is CC[C@@H]1CCc2sc(C(=O)OCC(=O)Nc3ccc(OC)cc3[N+](=O)[O-])cc2C1. The lowest BCUT2D eigenvalue weighted by atomic mass is 9.87. The van der Waals surface area contributed by atoms with Crippen LogP contribution in [0.3, 0.4) is 0 Å². The van der Waals surface area contributed by atoms with E-state index in [1.807, 2.05) is 6.07 Å². The molecule has 0 bridgehead atoms. The van der Waals surface area contributed by atoms with Gasteiger partial charge in [0.05, 0.1) is 18.1 Å². The molecule has 3 rings (SSSR count). The lowest BCUT2D eigenvalue weighted by molar-refractivity contribution is -0.384. The standard InChI is InChI=1S/C20H22N2O6S/c1-3-12-4-7-17-13(8-12)9-18(29-17)20(24)28-11-19(23)21-15-6-5-14(27-2)10-16(15)22(25)26/h5-6,9-10,12H,3-4,7-8,11H2,1-2H3,(H,21,23)/t12-/m1/s1. The molecule has 0 unspecified atom stereocenters. The van der Waals surface area contributed by atoms with Crippen molar-refractivity contribution in [3.05, 3.63) is 49.7 Å². The number of carbonyl (C=O) groups excluding carboxylic acids is 2. The van der Waals surface area contributed by atoms with E-state index in [0.717, 1.165) is 25.7 Å². The van der Waals surface area contributed by atoms with Crippen LogP contribution in [0.25, 0.3) is 0 Å². The molecule has 29 heavy (non-hydrogen) atoms. The molecule has 8 nitrogen and oxygen atoms in total. The molecule has 0 radical (unpaired) electrons. The number of ether oxygens (including phenoxy) is 2. The van der Waals surface area contributed by atoms with Crippen molar-refractivity contribution in [1.29, 1.82) is 0 Å². The number of nitro groups is 1. The third-order valence-corrected chi connectivity index (χ3v) is 6.19. The summed E-state index contributed by atoms with van der Waals surface area (Å²) in [6.45, 7) is 1.64. The fourth-order valence-electron chi connectivity index (χ4n) is 3.33. The number of nitrogens with zero attached hydrogens (tertiary/aromatic N) is 1. The molecule has 0 aliphatic heterocycles. The molecule has 9 heteroatoms. The summed E-state index contributed by atoms with van der Waals surface area (Å²) in [5.74, 6) is -0.268. The highest BCUT2D eigenvalue weighted by Gasteiger charge is 2.23. The number of hydrogen-bond acceptors (Lipinski definition) is 7. The van der Waals surface area contributed by atoms with Gasteiger partial charge in [-0.1, -0.05) is 13.3 Å². The number of carbonyl (C=O) groups is 2. The number of anilines is 1. The van der Waals surface area contributed by atoms with E-state index in [2.05, 4.69) is 12.2 Å². The Hall–Kier alpha value is -2.94. The summed E-state index contributed by atoms with van der Waals surface area (Å²) in [5, 5.41) is 13.6. The van der Waals surface area contributed by atoms with E-state index in [1.54, 1.807) is 0 Å². The maximum absolute atomic E-state index is 12.3. The Labute approximate surface area is 172 Å². The van der Waals surface area contributed by atoms with E-state index in [1.165, 1.54) is 47.1 Å².